The maximum Gasteiger partial charge on any atom is 0.116 e. The van der Waals surface area contributed by atoms with Gasteiger partial charge in [0.2, 0.25) is 0 Å². The number of rotatable bonds is 6. The van der Waals surface area contributed by atoms with Crippen LogP contribution < -0.4 is 0 Å². The molecule has 4 nitrogen and oxygen atoms in total. The van der Waals surface area contributed by atoms with E-state index in [1.807, 2.05) is 12.1 Å². The Hall–Kier alpha value is -2.46. The van der Waals surface area contributed by atoms with Gasteiger partial charge in [-0.25, -0.2) is 0 Å². The third-order valence-corrected chi connectivity index (χ3v) is 5.79. The molecule has 1 saturated heterocycles. The van der Waals surface area contributed by atoms with Crippen molar-refractivity contribution >= 4 is 10.9 Å². The van der Waals surface area contributed by atoms with Crippen LogP contribution in [0.4, 0.5) is 0 Å². The Kier molecular flexibility index (Phi) is 5.35. The largest absolute Gasteiger partial charge is 0.508 e. The molecule has 0 bridgehead atoms. The molecule has 1 aliphatic rings. The number of unbranched alkanes of at least 4 members (excludes halogenated alkanes) is 1. The molecule has 1 unspecified atom stereocenters. The van der Waals surface area contributed by atoms with E-state index in [0.717, 1.165) is 36.8 Å². The summed E-state index contributed by atoms with van der Waals surface area (Å²) in [5.41, 5.74) is 3.73. The summed E-state index contributed by atoms with van der Waals surface area (Å²) in [4.78, 5) is 5.88. The number of nitrogens with one attached hydrogen (secondary N) is 1. The predicted molar refractivity (Wildman–Crippen MR) is 109 cm³/mol. The fraction of sp³-hybridized carbons (Fsp3) is 0.391. The van der Waals surface area contributed by atoms with Crippen LogP contribution in [-0.2, 0) is 6.42 Å². The molecule has 1 atom stereocenters. The minimum Gasteiger partial charge on any atom is -0.508 e. The second-order valence-electron chi connectivity index (χ2n) is 7.73. The van der Waals surface area contributed by atoms with Crippen molar-refractivity contribution in [3.63, 3.8) is 0 Å². The molecule has 0 amide bonds. The van der Waals surface area contributed by atoms with Crippen LogP contribution in [0.15, 0.2) is 48.7 Å². The lowest BCUT2D eigenvalue weighted by atomic mass is 9.90. The van der Waals surface area contributed by atoms with Gasteiger partial charge in [0.1, 0.15) is 11.5 Å². The number of aromatic hydroxyl groups is 2. The Bertz CT molecular complexity index is 885. The molecule has 3 aromatic rings. The molecule has 27 heavy (non-hydrogen) atoms. The first kappa shape index (κ1) is 17.9. The maximum absolute atomic E-state index is 9.71. The van der Waals surface area contributed by atoms with Crippen molar-refractivity contribution in [1.82, 2.24) is 9.88 Å². The summed E-state index contributed by atoms with van der Waals surface area (Å²) in [6.07, 6.45) is 7.94. The number of nitrogens with zero attached hydrogens (tertiary/aromatic N) is 1. The van der Waals surface area contributed by atoms with Crippen molar-refractivity contribution in [2.75, 3.05) is 19.6 Å². The highest BCUT2D eigenvalue weighted by atomic mass is 16.3. The molecule has 0 aliphatic carbocycles. The molecule has 0 saturated carbocycles. The van der Waals surface area contributed by atoms with Crippen molar-refractivity contribution in [2.24, 2.45) is 0 Å². The standard InChI is InChI=1S/C23H28N2O2/c26-20-8-6-17(7-9-20)19-5-3-13-25(16-19)12-2-1-4-18-15-24-23-11-10-21(27)14-22(18)23/h6-11,14-15,19,24,26-27H,1-5,12-13,16H2. The summed E-state index contributed by atoms with van der Waals surface area (Å²) >= 11 is 0. The lowest BCUT2D eigenvalue weighted by Gasteiger charge is -2.33. The van der Waals surface area contributed by atoms with Gasteiger partial charge in [-0.3, -0.25) is 0 Å². The Morgan fingerprint density at radius 3 is 2.67 bits per heavy atom. The van der Waals surface area contributed by atoms with Crippen molar-refractivity contribution < 1.29 is 10.2 Å². The Morgan fingerprint density at radius 1 is 1.00 bits per heavy atom. The molecule has 1 aromatic heterocycles. The van der Waals surface area contributed by atoms with Crippen LogP contribution in [0, 0.1) is 0 Å². The fourth-order valence-electron chi connectivity index (χ4n) is 4.30. The van der Waals surface area contributed by atoms with E-state index in [2.05, 4.69) is 28.2 Å². The van der Waals surface area contributed by atoms with Crippen LogP contribution in [0.2, 0.25) is 0 Å². The Morgan fingerprint density at radius 2 is 1.81 bits per heavy atom. The summed E-state index contributed by atoms with van der Waals surface area (Å²) in [5, 5.41) is 20.3. The molecule has 3 N–H and O–H groups in total. The minimum absolute atomic E-state index is 0.330. The number of hydrogen-bond acceptors (Lipinski definition) is 3. The van der Waals surface area contributed by atoms with Crippen LogP contribution in [-0.4, -0.2) is 39.7 Å². The summed E-state index contributed by atoms with van der Waals surface area (Å²) in [7, 11) is 0. The molecule has 0 radical (unpaired) electrons. The molecule has 2 heterocycles. The van der Waals surface area contributed by atoms with E-state index in [1.165, 1.54) is 36.9 Å². The van der Waals surface area contributed by atoms with Gasteiger partial charge in [0, 0.05) is 23.6 Å². The molecule has 0 spiro atoms. The number of hydrogen-bond donors (Lipinski definition) is 3. The van der Waals surface area contributed by atoms with Crippen LogP contribution in [0.1, 0.15) is 42.7 Å². The van der Waals surface area contributed by atoms with Crippen LogP contribution >= 0.6 is 0 Å². The lowest BCUT2D eigenvalue weighted by molar-refractivity contribution is 0.204. The number of fused-ring (bicyclic) bond motifs is 1. The van der Waals surface area contributed by atoms with Crippen molar-refractivity contribution in [3.8, 4) is 11.5 Å². The van der Waals surface area contributed by atoms with Crippen molar-refractivity contribution in [1.29, 1.82) is 0 Å². The van der Waals surface area contributed by atoms with Gasteiger partial charge in [-0.2, -0.15) is 0 Å². The van der Waals surface area contributed by atoms with Crippen molar-refractivity contribution in [2.45, 2.75) is 38.0 Å². The van der Waals surface area contributed by atoms with E-state index < -0.39 is 0 Å². The van der Waals surface area contributed by atoms with E-state index in [9.17, 15) is 10.2 Å². The maximum atomic E-state index is 9.71. The quantitative estimate of drug-likeness (QED) is 0.552. The second-order valence-corrected chi connectivity index (χ2v) is 7.73. The Labute approximate surface area is 160 Å². The van der Waals surface area contributed by atoms with Gasteiger partial charge in [0.25, 0.3) is 0 Å². The minimum atomic E-state index is 0.330. The van der Waals surface area contributed by atoms with Gasteiger partial charge in [0.05, 0.1) is 0 Å². The summed E-state index contributed by atoms with van der Waals surface area (Å²) in [6.45, 7) is 3.45. The van der Waals surface area contributed by atoms with E-state index in [0.29, 0.717) is 17.4 Å². The third-order valence-electron chi connectivity index (χ3n) is 5.79. The fourth-order valence-corrected chi connectivity index (χ4v) is 4.30. The van der Waals surface area contributed by atoms with E-state index in [1.54, 1.807) is 18.2 Å². The van der Waals surface area contributed by atoms with Crippen LogP contribution in [0.3, 0.4) is 0 Å². The molecule has 4 heteroatoms. The molecular weight excluding hydrogens is 336 g/mol. The molecule has 142 valence electrons. The summed E-state index contributed by atoms with van der Waals surface area (Å²) in [5.74, 6) is 1.25. The topological polar surface area (TPSA) is 59.5 Å². The highest BCUT2D eigenvalue weighted by Crippen LogP contribution is 2.28. The first-order valence-electron chi connectivity index (χ1n) is 9.99. The SMILES string of the molecule is Oc1ccc(C2CCCN(CCCCc3c[nH]c4ccc(O)cc34)C2)cc1. The Balaban J connectivity index is 1.27. The average Bonchev–Trinajstić information content (AvgIpc) is 3.08. The van der Waals surface area contributed by atoms with Crippen LogP contribution in [0.25, 0.3) is 10.9 Å². The summed E-state index contributed by atoms with van der Waals surface area (Å²) in [6, 6.07) is 13.2. The average molecular weight is 364 g/mol. The number of H-pyrrole nitrogens is 1. The highest BCUT2D eigenvalue weighted by Gasteiger charge is 2.20. The number of phenols is 2. The number of phenolic OH excluding ortho intramolecular Hbond substituents is 2. The van der Waals surface area contributed by atoms with Crippen molar-refractivity contribution in [3.05, 3.63) is 59.8 Å². The molecule has 4 rings (SSSR count). The molecule has 1 aliphatic heterocycles. The predicted octanol–water partition coefficient (Wildman–Crippen LogP) is 4.78. The zero-order valence-corrected chi connectivity index (χ0v) is 15.7. The van der Waals surface area contributed by atoms with Gasteiger partial charge in [-0.1, -0.05) is 12.1 Å². The number of piperidine rings is 1. The normalized spacial score (nSPS) is 18.1. The molecule has 2 aromatic carbocycles. The first-order chi connectivity index (χ1) is 13.2. The number of benzene rings is 2. The van der Waals surface area contributed by atoms with Gasteiger partial charge in [-0.15, -0.1) is 0 Å². The number of aromatic amines is 1. The zero-order chi connectivity index (χ0) is 18.6. The van der Waals surface area contributed by atoms with Gasteiger partial charge < -0.3 is 20.1 Å². The monoisotopic (exact) mass is 364 g/mol. The van der Waals surface area contributed by atoms with Gasteiger partial charge in [-0.05, 0) is 92.6 Å². The molecule has 1 fully saturated rings. The number of aromatic nitrogens is 1. The van der Waals surface area contributed by atoms with E-state index in [4.69, 9.17) is 0 Å². The summed E-state index contributed by atoms with van der Waals surface area (Å²) < 4.78 is 0. The number of aryl methyl sites for hydroxylation is 1. The second kappa shape index (κ2) is 8.05. The number of likely N-dealkylation sites (tertiary alicyclic amines) is 1. The third kappa shape index (κ3) is 4.28. The lowest BCUT2D eigenvalue weighted by Crippen LogP contribution is -2.35. The van der Waals surface area contributed by atoms with E-state index in [-0.39, 0.29) is 0 Å². The molecular formula is C23H28N2O2. The van der Waals surface area contributed by atoms with Gasteiger partial charge in [0.15, 0.2) is 0 Å². The van der Waals surface area contributed by atoms with Gasteiger partial charge >= 0.3 is 0 Å². The van der Waals surface area contributed by atoms with Crippen LogP contribution in [0.5, 0.6) is 11.5 Å². The van der Waals surface area contributed by atoms with E-state index >= 15 is 0 Å². The smallest absolute Gasteiger partial charge is 0.116 e. The first-order valence-corrected chi connectivity index (χ1v) is 9.99. The zero-order valence-electron chi connectivity index (χ0n) is 15.7. The highest BCUT2D eigenvalue weighted by molar-refractivity contribution is 5.84.